The smallest absolute Gasteiger partial charge is 0.358 e. The maximum atomic E-state index is 10.8. The van der Waals surface area contributed by atoms with Crippen molar-refractivity contribution in [3.8, 4) is 11.5 Å². The molecule has 0 radical (unpaired) electrons. The summed E-state index contributed by atoms with van der Waals surface area (Å²) >= 11 is 0. The summed E-state index contributed by atoms with van der Waals surface area (Å²) in [5, 5.41) is 12.7. The summed E-state index contributed by atoms with van der Waals surface area (Å²) in [6, 6.07) is 7.17. The summed E-state index contributed by atoms with van der Waals surface area (Å²) < 4.78 is 12.0. The summed E-state index contributed by atoms with van der Waals surface area (Å²) in [5.74, 6) is 0.310. The molecule has 0 aliphatic carbocycles. The number of carboxylic acid groups (broad SMARTS) is 1. The van der Waals surface area contributed by atoms with Gasteiger partial charge in [0.15, 0.2) is 5.69 Å². The highest BCUT2D eigenvalue weighted by Crippen LogP contribution is 2.17. The molecule has 0 saturated heterocycles. The van der Waals surface area contributed by atoms with E-state index in [4.69, 9.17) is 20.3 Å². The van der Waals surface area contributed by atoms with Crippen molar-refractivity contribution in [2.75, 3.05) is 19.5 Å². The number of nitrogens with two attached hydrogens (primary N) is 1. The average Bonchev–Trinajstić information content (AvgIpc) is 2.81. The summed E-state index contributed by atoms with van der Waals surface area (Å²) in [5.41, 5.74) is 5.53. The molecule has 0 spiro atoms. The Morgan fingerprint density at radius 1 is 1.35 bits per heavy atom. The maximum absolute atomic E-state index is 10.8. The number of ether oxygens (including phenoxy) is 2. The highest BCUT2D eigenvalue weighted by molar-refractivity contribution is 5.91. The van der Waals surface area contributed by atoms with Gasteiger partial charge < -0.3 is 20.3 Å². The molecule has 0 amide bonds. The molecule has 0 atom stereocenters. The topological polar surface area (TPSA) is 99.6 Å². The number of hydrogen-bond acceptors (Lipinski definition) is 5. The molecule has 2 aromatic rings. The number of aromatic nitrogens is 2. The lowest BCUT2D eigenvalue weighted by atomic mass is 10.3. The number of nitrogen functional groups attached to an aromatic ring is 1. The zero-order chi connectivity index (χ0) is 14.5. The van der Waals surface area contributed by atoms with Crippen molar-refractivity contribution < 1.29 is 19.4 Å². The number of anilines is 1. The molecule has 7 nitrogen and oxygen atoms in total. The van der Waals surface area contributed by atoms with Crippen LogP contribution in [-0.2, 0) is 6.54 Å². The quantitative estimate of drug-likeness (QED) is 0.824. The first-order chi connectivity index (χ1) is 9.60. The number of nitrogens with zero attached hydrogens (tertiary/aromatic N) is 2. The van der Waals surface area contributed by atoms with Gasteiger partial charge >= 0.3 is 5.97 Å². The minimum absolute atomic E-state index is 0.141. The van der Waals surface area contributed by atoms with Crippen LogP contribution in [0, 0.1) is 0 Å². The van der Waals surface area contributed by atoms with Crippen molar-refractivity contribution in [1.82, 2.24) is 9.78 Å². The Hall–Kier alpha value is -2.70. The molecule has 1 heterocycles. The fourth-order valence-corrected chi connectivity index (χ4v) is 1.65. The number of benzene rings is 1. The van der Waals surface area contributed by atoms with Gasteiger partial charge in [0, 0.05) is 6.20 Å². The van der Waals surface area contributed by atoms with E-state index in [1.807, 2.05) is 0 Å². The number of methoxy groups -OCH3 is 1. The van der Waals surface area contributed by atoms with E-state index in [0.29, 0.717) is 18.9 Å². The number of carboxylic acids is 1. The Labute approximate surface area is 115 Å². The lowest BCUT2D eigenvalue weighted by Crippen LogP contribution is -2.09. The molecule has 1 aromatic carbocycles. The third-order valence-corrected chi connectivity index (χ3v) is 2.64. The van der Waals surface area contributed by atoms with Crippen LogP contribution in [0.1, 0.15) is 10.5 Å². The second kappa shape index (κ2) is 5.96. The monoisotopic (exact) mass is 277 g/mol. The van der Waals surface area contributed by atoms with Gasteiger partial charge in [0.25, 0.3) is 0 Å². The van der Waals surface area contributed by atoms with Gasteiger partial charge in [-0.05, 0) is 24.3 Å². The van der Waals surface area contributed by atoms with E-state index in [1.54, 1.807) is 31.4 Å². The van der Waals surface area contributed by atoms with E-state index < -0.39 is 5.97 Å². The van der Waals surface area contributed by atoms with Crippen molar-refractivity contribution in [2.24, 2.45) is 0 Å². The molecule has 1 aromatic heterocycles. The fourth-order valence-electron chi connectivity index (χ4n) is 1.65. The molecule has 3 N–H and O–H groups in total. The Morgan fingerprint density at radius 3 is 2.55 bits per heavy atom. The van der Waals surface area contributed by atoms with E-state index in [-0.39, 0.29) is 11.4 Å². The molecule has 0 aliphatic rings. The van der Waals surface area contributed by atoms with Crippen LogP contribution >= 0.6 is 0 Å². The van der Waals surface area contributed by atoms with E-state index in [0.717, 1.165) is 5.75 Å². The van der Waals surface area contributed by atoms with Crippen molar-refractivity contribution in [2.45, 2.75) is 6.54 Å². The molecule has 0 saturated carbocycles. The highest BCUT2D eigenvalue weighted by atomic mass is 16.5. The van der Waals surface area contributed by atoms with Crippen LogP contribution < -0.4 is 15.2 Å². The van der Waals surface area contributed by atoms with Crippen LogP contribution in [0.4, 0.5) is 5.69 Å². The summed E-state index contributed by atoms with van der Waals surface area (Å²) in [6.07, 6.45) is 1.47. The minimum atomic E-state index is -1.14. The highest BCUT2D eigenvalue weighted by Gasteiger charge is 2.12. The van der Waals surface area contributed by atoms with Gasteiger partial charge in [-0.25, -0.2) is 4.79 Å². The van der Waals surface area contributed by atoms with Crippen LogP contribution in [0.5, 0.6) is 11.5 Å². The van der Waals surface area contributed by atoms with Crippen molar-refractivity contribution >= 4 is 11.7 Å². The van der Waals surface area contributed by atoms with Crippen molar-refractivity contribution in [3.63, 3.8) is 0 Å². The SMILES string of the molecule is COc1ccc(OCCn2cc(N)c(C(=O)O)n2)cc1. The van der Waals surface area contributed by atoms with Gasteiger partial charge in [-0.1, -0.05) is 0 Å². The zero-order valence-electron chi connectivity index (χ0n) is 10.9. The van der Waals surface area contributed by atoms with E-state index in [2.05, 4.69) is 5.10 Å². The largest absolute Gasteiger partial charge is 0.497 e. The second-order valence-electron chi connectivity index (χ2n) is 4.03. The molecule has 7 heteroatoms. The lowest BCUT2D eigenvalue weighted by molar-refractivity contribution is 0.0690. The van der Waals surface area contributed by atoms with Gasteiger partial charge in [-0.2, -0.15) is 5.10 Å². The maximum Gasteiger partial charge on any atom is 0.358 e. The lowest BCUT2D eigenvalue weighted by Gasteiger charge is -2.07. The van der Waals surface area contributed by atoms with Gasteiger partial charge in [0.1, 0.15) is 18.1 Å². The molecule has 2 rings (SSSR count). The Bertz CT molecular complexity index is 592. The van der Waals surface area contributed by atoms with Gasteiger partial charge in [-0.15, -0.1) is 0 Å². The van der Waals surface area contributed by atoms with Crippen LogP contribution in [0.15, 0.2) is 30.5 Å². The number of carbonyl (C=O) groups is 1. The van der Waals surface area contributed by atoms with Crippen LogP contribution in [0.3, 0.4) is 0 Å². The van der Waals surface area contributed by atoms with Crippen LogP contribution in [0.25, 0.3) is 0 Å². The first-order valence-electron chi connectivity index (χ1n) is 5.93. The second-order valence-corrected chi connectivity index (χ2v) is 4.03. The molecule has 20 heavy (non-hydrogen) atoms. The normalized spacial score (nSPS) is 10.2. The standard InChI is InChI=1S/C13H15N3O4/c1-19-9-2-4-10(5-3-9)20-7-6-16-8-11(14)12(15-16)13(17)18/h2-5,8H,6-7,14H2,1H3,(H,17,18). The fraction of sp³-hybridized carbons (Fsp3) is 0.231. The van der Waals surface area contributed by atoms with E-state index in [1.165, 1.54) is 10.9 Å². The number of aromatic carboxylic acids is 1. The van der Waals surface area contributed by atoms with Gasteiger partial charge in [-0.3, -0.25) is 4.68 Å². The Kier molecular flexibility index (Phi) is 4.09. The molecular formula is C13H15N3O4. The molecule has 0 bridgehead atoms. The molecular weight excluding hydrogens is 262 g/mol. The van der Waals surface area contributed by atoms with Crippen LogP contribution in [0.2, 0.25) is 0 Å². The molecule has 106 valence electrons. The molecule has 0 unspecified atom stereocenters. The zero-order valence-corrected chi connectivity index (χ0v) is 10.9. The Morgan fingerprint density at radius 2 is 2.00 bits per heavy atom. The predicted molar refractivity (Wildman–Crippen MR) is 72.1 cm³/mol. The summed E-state index contributed by atoms with van der Waals surface area (Å²) in [7, 11) is 1.60. The minimum Gasteiger partial charge on any atom is -0.497 e. The molecule has 0 aliphatic heterocycles. The number of rotatable bonds is 6. The first-order valence-corrected chi connectivity index (χ1v) is 5.93. The summed E-state index contributed by atoms with van der Waals surface area (Å²) in [6.45, 7) is 0.760. The Balaban J connectivity index is 1.89. The third-order valence-electron chi connectivity index (χ3n) is 2.64. The van der Waals surface area contributed by atoms with Gasteiger partial charge in [0.05, 0.1) is 19.3 Å². The third kappa shape index (κ3) is 3.19. The predicted octanol–water partition coefficient (Wildman–Crippen LogP) is 1.25. The number of hydrogen-bond donors (Lipinski definition) is 2. The summed E-state index contributed by atoms with van der Waals surface area (Å²) in [4.78, 5) is 10.8. The molecule has 0 fully saturated rings. The van der Waals surface area contributed by atoms with Gasteiger partial charge in [0.2, 0.25) is 0 Å². The van der Waals surface area contributed by atoms with Crippen molar-refractivity contribution in [3.05, 3.63) is 36.2 Å². The van der Waals surface area contributed by atoms with E-state index >= 15 is 0 Å². The van der Waals surface area contributed by atoms with E-state index in [9.17, 15) is 4.79 Å². The average molecular weight is 277 g/mol. The first kappa shape index (κ1) is 13.7. The van der Waals surface area contributed by atoms with Crippen LogP contribution in [-0.4, -0.2) is 34.6 Å². The van der Waals surface area contributed by atoms with Crippen molar-refractivity contribution in [1.29, 1.82) is 0 Å².